The van der Waals surface area contributed by atoms with E-state index in [0.29, 0.717) is 11.5 Å². The third-order valence-electron chi connectivity index (χ3n) is 3.47. The van der Waals surface area contributed by atoms with E-state index in [1.54, 1.807) is 0 Å². The average molecular weight is 357 g/mol. The second-order valence-electron chi connectivity index (χ2n) is 5.27. The molecular weight excluding hydrogens is 342 g/mol. The van der Waals surface area contributed by atoms with Crippen molar-refractivity contribution in [2.45, 2.75) is 18.4 Å². The fourth-order valence-corrected chi connectivity index (χ4v) is 3.11. The molecule has 0 unspecified atom stereocenters. The van der Waals surface area contributed by atoms with Gasteiger partial charge in [0.25, 0.3) is 0 Å². The molecule has 25 heavy (non-hydrogen) atoms. The molecule has 1 N–H and O–H groups in total. The highest BCUT2D eigenvalue weighted by atomic mass is 32.2. The predicted molar refractivity (Wildman–Crippen MR) is 90.2 cm³/mol. The highest BCUT2D eigenvalue weighted by molar-refractivity contribution is 7.89. The maximum atomic E-state index is 12.3. The van der Waals surface area contributed by atoms with Crippen molar-refractivity contribution in [2.24, 2.45) is 0 Å². The quantitative estimate of drug-likeness (QED) is 0.680. The molecule has 0 amide bonds. The molecule has 8 heteroatoms. The number of nitrogens with one attached hydrogen (secondary N) is 1. The normalized spacial score (nSPS) is 11.4. The lowest BCUT2D eigenvalue weighted by Gasteiger charge is -2.05. The topological polar surface area (TPSA) is 102 Å². The first-order valence-corrected chi connectivity index (χ1v) is 8.92. The minimum absolute atomic E-state index is 0.0558. The lowest BCUT2D eigenvalue weighted by atomic mass is 10.2. The van der Waals surface area contributed by atoms with Crippen LogP contribution in [0, 0.1) is 0 Å². The van der Waals surface area contributed by atoms with E-state index >= 15 is 0 Å². The van der Waals surface area contributed by atoms with Crippen molar-refractivity contribution in [3.05, 3.63) is 66.1 Å². The number of hydrogen-bond acceptors (Lipinski definition) is 6. The van der Waals surface area contributed by atoms with Gasteiger partial charge in [-0.2, -0.15) is 0 Å². The molecule has 128 valence electrons. The number of sulfonamides is 1. The van der Waals surface area contributed by atoms with Crippen LogP contribution in [0.25, 0.3) is 11.5 Å². The van der Waals surface area contributed by atoms with E-state index in [-0.39, 0.29) is 23.1 Å². The Bertz CT molecular complexity index is 980. The van der Waals surface area contributed by atoms with E-state index in [0.717, 1.165) is 5.56 Å². The van der Waals surface area contributed by atoms with Gasteiger partial charge in [-0.3, -0.25) is 4.79 Å². The summed E-state index contributed by atoms with van der Waals surface area (Å²) in [6.07, 6.45) is 0. The van der Waals surface area contributed by atoms with Gasteiger partial charge in [-0.1, -0.05) is 30.3 Å². The maximum Gasteiger partial charge on any atom is 0.247 e. The van der Waals surface area contributed by atoms with E-state index in [1.165, 1.54) is 31.2 Å². The van der Waals surface area contributed by atoms with E-state index < -0.39 is 10.0 Å². The number of nitrogens with zero attached hydrogens (tertiary/aromatic N) is 2. The number of Topliss-reactive ketones (excluding diaryl/α,β-unsaturated/α-hetero) is 1. The molecule has 0 bridgehead atoms. The van der Waals surface area contributed by atoms with Crippen molar-refractivity contribution in [1.82, 2.24) is 14.9 Å². The number of benzene rings is 2. The SMILES string of the molecule is CC(=O)c1ccc(S(=O)(=O)NCc2nnc(-c3ccccc3)o2)cc1. The van der Waals surface area contributed by atoms with Crippen LogP contribution in [0.2, 0.25) is 0 Å². The summed E-state index contributed by atoms with van der Waals surface area (Å²) in [6, 6.07) is 14.9. The summed E-state index contributed by atoms with van der Waals surface area (Å²) in [5, 5.41) is 7.74. The van der Waals surface area contributed by atoms with E-state index in [2.05, 4.69) is 14.9 Å². The summed E-state index contributed by atoms with van der Waals surface area (Å²) < 4.78 is 32.4. The third kappa shape index (κ3) is 3.98. The molecule has 0 radical (unpaired) electrons. The van der Waals surface area contributed by atoms with Gasteiger partial charge in [0.2, 0.25) is 21.8 Å². The third-order valence-corrected chi connectivity index (χ3v) is 4.89. The molecule has 1 aromatic heterocycles. The molecule has 0 spiro atoms. The van der Waals surface area contributed by atoms with Crippen LogP contribution in [0.5, 0.6) is 0 Å². The number of ketones is 1. The van der Waals surface area contributed by atoms with Crippen LogP contribution < -0.4 is 4.72 Å². The Morgan fingerprint density at radius 2 is 1.72 bits per heavy atom. The van der Waals surface area contributed by atoms with Crippen LogP contribution in [0.15, 0.2) is 63.9 Å². The van der Waals surface area contributed by atoms with Gasteiger partial charge in [0.15, 0.2) is 5.78 Å². The van der Waals surface area contributed by atoms with Gasteiger partial charge >= 0.3 is 0 Å². The van der Waals surface area contributed by atoms with E-state index in [1.807, 2.05) is 30.3 Å². The highest BCUT2D eigenvalue weighted by Crippen LogP contribution is 2.17. The van der Waals surface area contributed by atoms with Crippen LogP contribution in [-0.2, 0) is 16.6 Å². The Morgan fingerprint density at radius 3 is 2.36 bits per heavy atom. The summed E-state index contributed by atoms with van der Waals surface area (Å²) >= 11 is 0. The van der Waals surface area contributed by atoms with Crippen molar-refractivity contribution in [1.29, 1.82) is 0 Å². The fourth-order valence-electron chi connectivity index (χ4n) is 2.13. The molecule has 2 aromatic carbocycles. The monoisotopic (exact) mass is 357 g/mol. The number of carbonyl (C=O) groups is 1. The van der Waals surface area contributed by atoms with Crippen LogP contribution in [0.1, 0.15) is 23.2 Å². The Balaban J connectivity index is 1.70. The van der Waals surface area contributed by atoms with Crippen molar-refractivity contribution >= 4 is 15.8 Å². The molecule has 0 aliphatic rings. The van der Waals surface area contributed by atoms with Gasteiger partial charge in [0.1, 0.15) is 0 Å². The smallest absolute Gasteiger partial charge is 0.247 e. The van der Waals surface area contributed by atoms with E-state index in [9.17, 15) is 13.2 Å². The summed E-state index contributed by atoms with van der Waals surface area (Å²) in [4.78, 5) is 11.3. The van der Waals surface area contributed by atoms with Gasteiger partial charge in [-0.05, 0) is 31.2 Å². The molecule has 0 saturated heterocycles. The molecule has 3 aromatic rings. The molecule has 1 heterocycles. The maximum absolute atomic E-state index is 12.3. The van der Waals surface area contributed by atoms with Gasteiger partial charge in [-0.15, -0.1) is 10.2 Å². The summed E-state index contributed by atoms with van der Waals surface area (Å²) in [7, 11) is -3.75. The van der Waals surface area contributed by atoms with Gasteiger partial charge in [0.05, 0.1) is 11.4 Å². The zero-order chi connectivity index (χ0) is 17.9. The highest BCUT2D eigenvalue weighted by Gasteiger charge is 2.16. The molecule has 0 aliphatic heterocycles. The first kappa shape index (κ1) is 17.0. The summed E-state index contributed by atoms with van der Waals surface area (Å²) in [5.74, 6) is 0.347. The minimum atomic E-state index is -3.75. The number of aromatic nitrogens is 2. The van der Waals surface area contributed by atoms with E-state index in [4.69, 9.17) is 4.42 Å². The zero-order valence-electron chi connectivity index (χ0n) is 13.3. The van der Waals surface area contributed by atoms with Crippen LogP contribution in [-0.4, -0.2) is 24.4 Å². The van der Waals surface area contributed by atoms with Crippen LogP contribution >= 0.6 is 0 Å². The molecule has 0 aliphatic carbocycles. The average Bonchev–Trinajstić information content (AvgIpc) is 3.10. The number of hydrogen-bond donors (Lipinski definition) is 1. The predicted octanol–water partition coefficient (Wildman–Crippen LogP) is 2.42. The minimum Gasteiger partial charge on any atom is -0.419 e. The number of carbonyl (C=O) groups excluding carboxylic acids is 1. The number of rotatable bonds is 6. The fraction of sp³-hybridized carbons (Fsp3) is 0.118. The van der Waals surface area contributed by atoms with Gasteiger partial charge in [-0.25, -0.2) is 13.1 Å². The van der Waals surface area contributed by atoms with Crippen molar-refractivity contribution in [2.75, 3.05) is 0 Å². The lowest BCUT2D eigenvalue weighted by molar-refractivity contribution is 0.101. The molecule has 0 atom stereocenters. The van der Waals surface area contributed by atoms with Crippen LogP contribution in [0.4, 0.5) is 0 Å². The van der Waals surface area contributed by atoms with Gasteiger partial charge < -0.3 is 4.42 Å². The zero-order valence-corrected chi connectivity index (χ0v) is 14.2. The van der Waals surface area contributed by atoms with Crippen molar-refractivity contribution in [3.8, 4) is 11.5 Å². The Morgan fingerprint density at radius 1 is 1.04 bits per heavy atom. The molecule has 0 saturated carbocycles. The molecular formula is C17H15N3O4S. The van der Waals surface area contributed by atoms with Crippen molar-refractivity contribution in [3.63, 3.8) is 0 Å². The molecule has 0 fully saturated rings. The first-order chi connectivity index (χ1) is 12.0. The molecule has 7 nitrogen and oxygen atoms in total. The van der Waals surface area contributed by atoms with Crippen molar-refractivity contribution < 1.29 is 17.6 Å². The second-order valence-corrected chi connectivity index (χ2v) is 7.04. The first-order valence-electron chi connectivity index (χ1n) is 7.44. The second kappa shape index (κ2) is 6.96. The lowest BCUT2D eigenvalue weighted by Crippen LogP contribution is -2.23. The largest absolute Gasteiger partial charge is 0.419 e. The Hall–Kier alpha value is -2.84. The Kier molecular flexibility index (Phi) is 4.73. The summed E-state index contributed by atoms with van der Waals surface area (Å²) in [5.41, 5.74) is 1.20. The standard InChI is InChI=1S/C17H15N3O4S/c1-12(21)13-7-9-15(10-8-13)25(22,23)18-11-16-19-20-17(24-16)14-5-3-2-4-6-14/h2-10,18H,11H2,1H3. The van der Waals surface area contributed by atoms with Crippen LogP contribution in [0.3, 0.4) is 0 Å². The summed E-state index contributed by atoms with van der Waals surface area (Å²) in [6.45, 7) is 1.29. The Labute approximate surface area is 144 Å². The van der Waals surface area contributed by atoms with Gasteiger partial charge in [0, 0.05) is 11.1 Å². The molecule has 3 rings (SSSR count).